The minimum absolute atomic E-state index is 0.102. The van der Waals surface area contributed by atoms with Crippen LogP contribution in [0.4, 0.5) is 0 Å². The quantitative estimate of drug-likeness (QED) is 0.750. The second kappa shape index (κ2) is 3.07. The van der Waals surface area contributed by atoms with Crippen LogP contribution in [0.2, 0.25) is 0 Å². The number of H-pyrrole nitrogens is 1. The van der Waals surface area contributed by atoms with Gasteiger partial charge in [0.05, 0.1) is 5.39 Å². The van der Waals surface area contributed by atoms with Gasteiger partial charge >= 0.3 is 0 Å². The average molecular weight is 315 g/mol. The van der Waals surface area contributed by atoms with Gasteiger partial charge < -0.3 is 4.98 Å². The van der Waals surface area contributed by atoms with Gasteiger partial charge in [0, 0.05) is 22.7 Å². The van der Waals surface area contributed by atoms with Crippen LogP contribution in [0.1, 0.15) is 12.7 Å². The number of rotatable bonds is 0. The van der Waals surface area contributed by atoms with Crippen LogP contribution in [0.5, 0.6) is 0 Å². The molecule has 1 atom stereocenters. The zero-order chi connectivity index (χ0) is 10.6. The van der Waals surface area contributed by atoms with Crippen LogP contribution >= 0.6 is 22.6 Å². The second-order valence-electron chi connectivity index (χ2n) is 4.11. The van der Waals surface area contributed by atoms with Crippen LogP contribution in [-0.2, 0) is 13.0 Å². The Morgan fingerprint density at radius 2 is 2.47 bits per heavy atom. The lowest BCUT2D eigenvalue weighted by atomic mass is 10.1. The molecule has 0 amide bonds. The fraction of sp³-hybridized carbons (Fsp3) is 0.400. The van der Waals surface area contributed by atoms with Gasteiger partial charge in [0.25, 0.3) is 5.56 Å². The highest BCUT2D eigenvalue weighted by atomic mass is 127. The highest BCUT2D eigenvalue weighted by Crippen LogP contribution is 2.20. The molecule has 2 aromatic rings. The molecule has 1 N–H and O–H groups in total. The van der Waals surface area contributed by atoms with Crippen LogP contribution in [0, 0.1) is 9.49 Å². The number of halogens is 1. The molecule has 2 aromatic heterocycles. The summed E-state index contributed by atoms with van der Waals surface area (Å²) < 4.78 is 2.76. The third-order valence-corrected chi connectivity index (χ3v) is 3.70. The Morgan fingerprint density at radius 3 is 3.27 bits per heavy atom. The SMILES string of the molecule is CC1Cc2nc3[nH]cc(I)c3c(=O)n2C1. The maximum absolute atomic E-state index is 12.1. The van der Waals surface area contributed by atoms with Gasteiger partial charge in [-0.3, -0.25) is 9.36 Å². The van der Waals surface area contributed by atoms with Crippen molar-refractivity contribution in [2.75, 3.05) is 0 Å². The second-order valence-corrected chi connectivity index (χ2v) is 5.28. The van der Waals surface area contributed by atoms with Crippen LogP contribution in [-0.4, -0.2) is 14.5 Å². The van der Waals surface area contributed by atoms with Crippen molar-refractivity contribution in [3.8, 4) is 0 Å². The van der Waals surface area contributed by atoms with E-state index in [0.29, 0.717) is 5.92 Å². The first-order valence-electron chi connectivity index (χ1n) is 4.93. The maximum Gasteiger partial charge on any atom is 0.264 e. The number of aromatic amines is 1. The molecule has 78 valence electrons. The lowest BCUT2D eigenvalue weighted by Crippen LogP contribution is -2.21. The summed E-state index contributed by atoms with van der Waals surface area (Å²) in [5.41, 5.74) is 0.828. The number of hydrogen-bond donors (Lipinski definition) is 1. The number of hydrogen-bond acceptors (Lipinski definition) is 2. The van der Waals surface area contributed by atoms with Gasteiger partial charge in [-0.15, -0.1) is 0 Å². The maximum atomic E-state index is 12.1. The predicted octanol–water partition coefficient (Wildman–Crippen LogP) is 1.52. The predicted molar refractivity (Wildman–Crippen MR) is 65.9 cm³/mol. The molecule has 0 saturated carbocycles. The van der Waals surface area contributed by atoms with E-state index in [0.717, 1.165) is 33.4 Å². The van der Waals surface area contributed by atoms with Gasteiger partial charge in [-0.25, -0.2) is 4.98 Å². The zero-order valence-electron chi connectivity index (χ0n) is 8.25. The van der Waals surface area contributed by atoms with E-state index in [4.69, 9.17) is 0 Å². The number of aromatic nitrogens is 3. The molecular formula is C10H10IN3O. The van der Waals surface area contributed by atoms with Crippen molar-refractivity contribution in [3.05, 3.63) is 25.9 Å². The van der Waals surface area contributed by atoms with E-state index in [1.54, 1.807) is 0 Å². The molecule has 5 heteroatoms. The Morgan fingerprint density at radius 1 is 1.67 bits per heavy atom. The number of nitrogens with zero attached hydrogens (tertiary/aromatic N) is 2. The van der Waals surface area contributed by atoms with Crippen LogP contribution in [0.15, 0.2) is 11.0 Å². The van der Waals surface area contributed by atoms with Crippen molar-refractivity contribution in [1.29, 1.82) is 0 Å². The molecule has 0 aliphatic carbocycles. The molecular weight excluding hydrogens is 305 g/mol. The Labute approximate surface area is 99.8 Å². The first-order valence-corrected chi connectivity index (χ1v) is 6.01. The average Bonchev–Trinajstić information content (AvgIpc) is 2.71. The molecule has 1 aliphatic rings. The summed E-state index contributed by atoms with van der Waals surface area (Å²) >= 11 is 2.16. The summed E-state index contributed by atoms with van der Waals surface area (Å²) in [4.78, 5) is 19.7. The summed E-state index contributed by atoms with van der Waals surface area (Å²) in [7, 11) is 0. The number of nitrogens with one attached hydrogen (secondary N) is 1. The standard InChI is InChI=1S/C10H10IN3O/c1-5-2-7-13-9-8(6(11)3-12-9)10(15)14(7)4-5/h3,5,12H,2,4H2,1H3. The molecule has 0 fully saturated rings. The summed E-state index contributed by atoms with van der Waals surface area (Å²) in [6.07, 6.45) is 2.74. The Balaban J connectivity index is 2.42. The van der Waals surface area contributed by atoms with Crippen molar-refractivity contribution in [2.45, 2.75) is 19.9 Å². The largest absolute Gasteiger partial charge is 0.345 e. The molecule has 4 nitrogen and oxygen atoms in total. The highest BCUT2D eigenvalue weighted by Gasteiger charge is 2.22. The highest BCUT2D eigenvalue weighted by molar-refractivity contribution is 14.1. The molecule has 0 saturated heterocycles. The molecule has 3 rings (SSSR count). The van der Waals surface area contributed by atoms with E-state index in [2.05, 4.69) is 39.5 Å². The lowest BCUT2D eigenvalue weighted by Gasteiger charge is -2.01. The molecule has 0 radical (unpaired) electrons. The third kappa shape index (κ3) is 1.25. The summed E-state index contributed by atoms with van der Waals surface area (Å²) in [5.74, 6) is 1.44. The van der Waals surface area contributed by atoms with Crippen molar-refractivity contribution in [3.63, 3.8) is 0 Å². The van der Waals surface area contributed by atoms with E-state index in [9.17, 15) is 4.79 Å². The van der Waals surface area contributed by atoms with Gasteiger partial charge in [0.15, 0.2) is 0 Å². The van der Waals surface area contributed by atoms with E-state index in [-0.39, 0.29) is 5.56 Å². The summed E-state index contributed by atoms with van der Waals surface area (Å²) in [5, 5.41) is 0.730. The van der Waals surface area contributed by atoms with Crippen molar-refractivity contribution < 1.29 is 0 Å². The Kier molecular flexibility index (Phi) is 1.92. The molecule has 3 heterocycles. The Hall–Kier alpha value is -0.850. The van der Waals surface area contributed by atoms with Gasteiger partial charge in [0.2, 0.25) is 0 Å². The normalized spacial score (nSPS) is 19.7. The van der Waals surface area contributed by atoms with Gasteiger partial charge in [-0.2, -0.15) is 0 Å². The van der Waals surface area contributed by atoms with Crippen LogP contribution < -0.4 is 5.56 Å². The lowest BCUT2D eigenvalue weighted by molar-refractivity contribution is 0.558. The van der Waals surface area contributed by atoms with E-state index in [1.807, 2.05) is 10.8 Å². The zero-order valence-corrected chi connectivity index (χ0v) is 10.4. The third-order valence-electron chi connectivity index (χ3n) is 2.85. The molecule has 0 bridgehead atoms. The molecule has 1 aliphatic heterocycles. The molecule has 15 heavy (non-hydrogen) atoms. The topological polar surface area (TPSA) is 50.7 Å². The first kappa shape index (κ1) is 9.38. The smallest absolute Gasteiger partial charge is 0.264 e. The van der Waals surface area contributed by atoms with Gasteiger partial charge in [0.1, 0.15) is 11.5 Å². The van der Waals surface area contributed by atoms with Crippen molar-refractivity contribution in [2.24, 2.45) is 5.92 Å². The molecule has 1 unspecified atom stereocenters. The van der Waals surface area contributed by atoms with E-state index < -0.39 is 0 Å². The van der Waals surface area contributed by atoms with E-state index in [1.165, 1.54) is 0 Å². The van der Waals surface area contributed by atoms with Crippen LogP contribution in [0.25, 0.3) is 11.0 Å². The Bertz CT molecular complexity index is 598. The van der Waals surface area contributed by atoms with Gasteiger partial charge in [-0.05, 0) is 28.5 Å². The molecule has 0 aromatic carbocycles. The monoisotopic (exact) mass is 315 g/mol. The van der Waals surface area contributed by atoms with Crippen LogP contribution in [0.3, 0.4) is 0 Å². The first-order chi connectivity index (χ1) is 7.16. The number of fused-ring (bicyclic) bond motifs is 2. The van der Waals surface area contributed by atoms with E-state index >= 15 is 0 Å². The minimum Gasteiger partial charge on any atom is -0.345 e. The summed E-state index contributed by atoms with van der Waals surface area (Å²) in [6, 6.07) is 0. The minimum atomic E-state index is 0.102. The fourth-order valence-electron chi connectivity index (χ4n) is 2.15. The van der Waals surface area contributed by atoms with Crippen molar-refractivity contribution >= 4 is 33.6 Å². The molecule has 0 spiro atoms. The van der Waals surface area contributed by atoms with Crippen molar-refractivity contribution in [1.82, 2.24) is 14.5 Å². The van der Waals surface area contributed by atoms with Gasteiger partial charge in [-0.1, -0.05) is 6.92 Å². The fourth-order valence-corrected chi connectivity index (χ4v) is 2.80. The summed E-state index contributed by atoms with van der Waals surface area (Å²) in [6.45, 7) is 2.95.